The van der Waals surface area contributed by atoms with Gasteiger partial charge in [0.25, 0.3) is 5.56 Å². The molecule has 0 bridgehead atoms. The minimum Gasteiger partial charge on any atom is -0.426 e. The maximum Gasteiger partial charge on any atom is 0.321 e. The number of fused-ring (bicyclic) bond motifs is 1. The molecule has 0 aliphatic heterocycles. The van der Waals surface area contributed by atoms with Gasteiger partial charge in [0.15, 0.2) is 16.6 Å². The molecule has 9 heteroatoms. The number of carbonyl (C=O) groups excluding carboxylic acids is 1. The van der Waals surface area contributed by atoms with Crippen LogP contribution in [0.25, 0.3) is 17.0 Å². The maximum atomic E-state index is 12.4. The van der Waals surface area contributed by atoms with E-state index in [9.17, 15) is 9.59 Å². The fourth-order valence-electron chi connectivity index (χ4n) is 2.90. The first-order valence-electron chi connectivity index (χ1n) is 9.05. The highest BCUT2D eigenvalue weighted by Gasteiger charge is 2.15. The van der Waals surface area contributed by atoms with Crippen molar-refractivity contribution in [2.45, 2.75) is 19.0 Å². The molecule has 0 aliphatic carbocycles. The zero-order valence-corrected chi connectivity index (χ0v) is 17.8. The molecule has 0 atom stereocenters. The minimum atomic E-state index is -0.415. The highest BCUT2D eigenvalue weighted by molar-refractivity contribution is 7.99. The third-order valence-corrected chi connectivity index (χ3v) is 5.46. The SMILES string of the molecule is Cc1ccc(OC(=O)CSc2nc(-c3ccc(Cl)cc3)nc3cc(=O)[nH]n23)c(C)c1. The average molecular weight is 441 g/mol. The molecule has 0 radical (unpaired) electrons. The Morgan fingerprint density at radius 1 is 1.13 bits per heavy atom. The molecule has 0 saturated carbocycles. The van der Waals surface area contributed by atoms with Gasteiger partial charge in [0.05, 0.1) is 5.75 Å². The number of halogens is 1. The summed E-state index contributed by atoms with van der Waals surface area (Å²) in [5, 5.41) is 3.67. The molecule has 30 heavy (non-hydrogen) atoms. The summed E-state index contributed by atoms with van der Waals surface area (Å²) in [6.45, 7) is 3.87. The summed E-state index contributed by atoms with van der Waals surface area (Å²) in [7, 11) is 0. The second-order valence-corrected chi connectivity index (χ2v) is 8.06. The number of benzene rings is 2. The van der Waals surface area contributed by atoms with Crippen molar-refractivity contribution in [2.24, 2.45) is 0 Å². The van der Waals surface area contributed by atoms with Gasteiger partial charge in [-0.05, 0) is 49.7 Å². The molecule has 4 aromatic rings. The van der Waals surface area contributed by atoms with E-state index in [0.29, 0.717) is 27.4 Å². The number of hydrogen-bond acceptors (Lipinski definition) is 6. The maximum absolute atomic E-state index is 12.4. The first-order valence-corrected chi connectivity index (χ1v) is 10.4. The predicted molar refractivity (Wildman–Crippen MR) is 116 cm³/mol. The highest BCUT2D eigenvalue weighted by atomic mass is 35.5. The molecule has 0 unspecified atom stereocenters. The minimum absolute atomic E-state index is 0.0136. The van der Waals surface area contributed by atoms with Crippen LogP contribution in [0, 0.1) is 13.8 Å². The summed E-state index contributed by atoms with van der Waals surface area (Å²) < 4.78 is 6.92. The normalized spacial score (nSPS) is 11.0. The van der Waals surface area contributed by atoms with E-state index in [4.69, 9.17) is 16.3 Å². The van der Waals surface area contributed by atoms with E-state index in [1.54, 1.807) is 30.3 Å². The quantitative estimate of drug-likeness (QED) is 0.286. The first kappa shape index (κ1) is 20.2. The Hall–Kier alpha value is -3.10. The summed E-state index contributed by atoms with van der Waals surface area (Å²) in [5.74, 6) is 0.548. The number of nitrogens with one attached hydrogen (secondary N) is 1. The van der Waals surface area contributed by atoms with E-state index in [1.807, 2.05) is 26.0 Å². The van der Waals surface area contributed by atoms with Crippen LogP contribution in [-0.4, -0.2) is 31.3 Å². The van der Waals surface area contributed by atoms with Gasteiger partial charge in [-0.3, -0.25) is 14.7 Å². The third-order valence-electron chi connectivity index (χ3n) is 4.30. The van der Waals surface area contributed by atoms with E-state index in [2.05, 4.69) is 15.1 Å². The molecule has 2 heterocycles. The molecular weight excluding hydrogens is 424 g/mol. The second-order valence-electron chi connectivity index (χ2n) is 6.68. The molecule has 0 fully saturated rings. The fraction of sp³-hybridized carbons (Fsp3) is 0.143. The van der Waals surface area contributed by atoms with Crippen LogP contribution in [0.15, 0.2) is 58.5 Å². The van der Waals surface area contributed by atoms with Crippen LogP contribution in [-0.2, 0) is 4.79 Å². The van der Waals surface area contributed by atoms with Crippen LogP contribution >= 0.6 is 23.4 Å². The predicted octanol–water partition coefficient (Wildman–Crippen LogP) is 4.05. The summed E-state index contributed by atoms with van der Waals surface area (Å²) in [6.07, 6.45) is 0. The number of nitrogens with zero attached hydrogens (tertiary/aromatic N) is 3. The van der Waals surface area contributed by atoms with E-state index >= 15 is 0 Å². The molecule has 152 valence electrons. The number of aromatic nitrogens is 4. The Kier molecular flexibility index (Phi) is 5.61. The van der Waals surface area contributed by atoms with Crippen molar-refractivity contribution in [1.29, 1.82) is 0 Å². The van der Waals surface area contributed by atoms with Gasteiger partial charge in [-0.15, -0.1) is 0 Å². The Labute approximate surface area is 181 Å². The number of esters is 1. The number of thioether (sulfide) groups is 1. The lowest BCUT2D eigenvalue weighted by atomic mass is 10.1. The highest BCUT2D eigenvalue weighted by Crippen LogP contribution is 2.24. The Morgan fingerprint density at radius 2 is 1.90 bits per heavy atom. The lowest BCUT2D eigenvalue weighted by Gasteiger charge is -2.09. The molecule has 4 rings (SSSR count). The Morgan fingerprint density at radius 3 is 2.63 bits per heavy atom. The van der Waals surface area contributed by atoms with E-state index in [1.165, 1.54) is 10.6 Å². The second kappa shape index (κ2) is 8.33. The zero-order valence-electron chi connectivity index (χ0n) is 16.2. The van der Waals surface area contributed by atoms with Gasteiger partial charge in [-0.2, -0.15) is 0 Å². The number of rotatable bonds is 5. The lowest BCUT2D eigenvalue weighted by Crippen LogP contribution is -2.13. The van der Waals surface area contributed by atoms with E-state index in [-0.39, 0.29) is 11.3 Å². The number of aromatic amines is 1. The Bertz CT molecular complexity index is 1300. The van der Waals surface area contributed by atoms with Gasteiger partial charge >= 0.3 is 5.97 Å². The van der Waals surface area contributed by atoms with E-state index < -0.39 is 5.97 Å². The monoisotopic (exact) mass is 440 g/mol. The third kappa shape index (κ3) is 4.39. The number of carbonyl (C=O) groups is 1. The van der Waals surface area contributed by atoms with Gasteiger partial charge in [0.2, 0.25) is 0 Å². The molecule has 0 spiro atoms. The van der Waals surface area contributed by atoms with Crippen molar-refractivity contribution >= 4 is 35.0 Å². The van der Waals surface area contributed by atoms with Crippen LogP contribution < -0.4 is 10.3 Å². The van der Waals surface area contributed by atoms with Crippen molar-refractivity contribution < 1.29 is 9.53 Å². The van der Waals surface area contributed by atoms with Gasteiger partial charge in [-0.25, -0.2) is 14.5 Å². The molecule has 0 saturated heterocycles. The van der Waals surface area contributed by atoms with Gasteiger partial charge in [0.1, 0.15) is 5.75 Å². The molecule has 2 aromatic carbocycles. The molecule has 2 aromatic heterocycles. The van der Waals surface area contributed by atoms with Crippen molar-refractivity contribution in [2.75, 3.05) is 5.75 Å². The fourth-order valence-corrected chi connectivity index (χ4v) is 3.75. The molecular formula is C21H17ClN4O3S. The van der Waals surface area contributed by atoms with Crippen molar-refractivity contribution in [3.05, 3.63) is 75.0 Å². The van der Waals surface area contributed by atoms with E-state index in [0.717, 1.165) is 28.5 Å². The number of H-pyrrole nitrogens is 1. The summed E-state index contributed by atoms with van der Waals surface area (Å²) in [4.78, 5) is 33.1. The van der Waals surface area contributed by atoms with Crippen LogP contribution in [0.1, 0.15) is 11.1 Å². The van der Waals surface area contributed by atoms with Crippen molar-refractivity contribution in [3.8, 4) is 17.1 Å². The number of hydrogen-bond donors (Lipinski definition) is 1. The van der Waals surface area contributed by atoms with Crippen LogP contribution in [0.2, 0.25) is 5.02 Å². The van der Waals surface area contributed by atoms with Gasteiger partial charge in [-0.1, -0.05) is 41.1 Å². The Balaban J connectivity index is 1.59. The van der Waals surface area contributed by atoms with Gasteiger partial charge in [0, 0.05) is 16.7 Å². The number of ether oxygens (including phenoxy) is 1. The zero-order chi connectivity index (χ0) is 21.3. The standard InChI is InChI=1S/C21H17ClN4O3S/c1-12-3-8-16(13(2)9-12)29-19(28)11-30-21-24-20(14-4-6-15(22)7-5-14)23-17-10-18(27)25-26(17)21/h3-10H,11H2,1-2H3,(H,25,27). The first-order chi connectivity index (χ1) is 14.4. The average Bonchev–Trinajstić information content (AvgIpc) is 3.09. The van der Waals surface area contributed by atoms with Crippen molar-refractivity contribution in [1.82, 2.24) is 19.6 Å². The lowest BCUT2D eigenvalue weighted by molar-refractivity contribution is -0.131. The molecule has 0 aliphatic rings. The van der Waals surface area contributed by atoms with Crippen LogP contribution in [0.3, 0.4) is 0 Å². The summed E-state index contributed by atoms with van der Waals surface area (Å²) in [5.41, 5.74) is 2.83. The van der Waals surface area contributed by atoms with Crippen LogP contribution in [0.5, 0.6) is 5.75 Å². The largest absolute Gasteiger partial charge is 0.426 e. The molecule has 7 nitrogen and oxygen atoms in total. The van der Waals surface area contributed by atoms with Crippen molar-refractivity contribution in [3.63, 3.8) is 0 Å². The topological polar surface area (TPSA) is 89.3 Å². The van der Waals surface area contributed by atoms with Crippen LogP contribution in [0.4, 0.5) is 0 Å². The summed E-state index contributed by atoms with van der Waals surface area (Å²) in [6, 6.07) is 14.1. The molecule has 1 N–H and O–H groups in total. The smallest absolute Gasteiger partial charge is 0.321 e. The van der Waals surface area contributed by atoms with Gasteiger partial charge < -0.3 is 4.74 Å². The molecule has 0 amide bonds. The summed E-state index contributed by atoms with van der Waals surface area (Å²) >= 11 is 7.11. The number of aryl methyl sites for hydroxylation is 2.